The van der Waals surface area contributed by atoms with E-state index in [0.717, 1.165) is 0 Å². The molecule has 1 unspecified atom stereocenters. The Labute approximate surface area is 105 Å². The zero-order valence-electron chi connectivity index (χ0n) is 10.3. The average Bonchev–Trinajstić information content (AvgIpc) is 2.38. The molecule has 1 aromatic rings. The van der Waals surface area contributed by atoms with Crippen molar-refractivity contribution in [1.82, 2.24) is 0 Å². The van der Waals surface area contributed by atoms with Crippen molar-refractivity contribution in [3.63, 3.8) is 0 Å². The Balaban J connectivity index is 3.20. The molecular formula is C12H15N3O3. The molecule has 96 valence electrons. The maximum atomic E-state index is 10.9. The van der Waals surface area contributed by atoms with Crippen molar-refractivity contribution in [1.29, 1.82) is 5.26 Å². The number of benzene rings is 1. The van der Waals surface area contributed by atoms with Gasteiger partial charge in [-0.1, -0.05) is 6.92 Å². The molecule has 0 heterocycles. The second kappa shape index (κ2) is 5.47. The summed E-state index contributed by atoms with van der Waals surface area (Å²) in [5.41, 5.74) is -0.183. The van der Waals surface area contributed by atoms with Crippen molar-refractivity contribution in [2.75, 3.05) is 11.9 Å². The summed E-state index contributed by atoms with van der Waals surface area (Å²) in [5.74, 6) is 0. The minimum absolute atomic E-state index is 0.109. The third kappa shape index (κ3) is 2.96. The van der Waals surface area contributed by atoms with E-state index < -0.39 is 10.5 Å². The molecule has 1 rings (SSSR count). The minimum Gasteiger partial charge on any atom is -0.394 e. The molecule has 1 atom stereocenters. The van der Waals surface area contributed by atoms with Gasteiger partial charge in [-0.3, -0.25) is 10.1 Å². The minimum atomic E-state index is -0.654. The molecule has 2 N–H and O–H groups in total. The molecule has 0 spiro atoms. The largest absolute Gasteiger partial charge is 0.394 e. The Morgan fingerprint density at radius 1 is 1.61 bits per heavy atom. The normalized spacial score (nSPS) is 13.4. The number of nitrogens with one attached hydrogen (secondary N) is 1. The lowest BCUT2D eigenvalue weighted by molar-refractivity contribution is -0.384. The van der Waals surface area contributed by atoms with E-state index in [9.17, 15) is 15.2 Å². The fourth-order valence-electron chi connectivity index (χ4n) is 1.43. The van der Waals surface area contributed by atoms with E-state index >= 15 is 0 Å². The molecule has 0 aliphatic rings. The highest BCUT2D eigenvalue weighted by atomic mass is 16.6. The number of nitro groups is 1. The Hall–Kier alpha value is -2.13. The first-order valence-electron chi connectivity index (χ1n) is 5.53. The summed E-state index contributed by atoms with van der Waals surface area (Å²) in [6.45, 7) is 3.47. The van der Waals surface area contributed by atoms with Crippen molar-refractivity contribution in [2.24, 2.45) is 0 Å². The van der Waals surface area contributed by atoms with Gasteiger partial charge in [0.1, 0.15) is 5.69 Å². The molecule has 6 heteroatoms. The van der Waals surface area contributed by atoms with Crippen molar-refractivity contribution in [3.05, 3.63) is 33.9 Å². The fraction of sp³-hybridized carbons (Fsp3) is 0.417. The van der Waals surface area contributed by atoms with Crippen LogP contribution >= 0.6 is 0 Å². The topological polar surface area (TPSA) is 99.2 Å². The van der Waals surface area contributed by atoms with Crippen LogP contribution in [0.4, 0.5) is 11.4 Å². The molecule has 0 aromatic heterocycles. The first-order valence-corrected chi connectivity index (χ1v) is 5.53. The van der Waals surface area contributed by atoms with Gasteiger partial charge in [0, 0.05) is 6.07 Å². The van der Waals surface area contributed by atoms with E-state index in [1.54, 1.807) is 6.92 Å². The van der Waals surface area contributed by atoms with Crippen LogP contribution in [-0.2, 0) is 0 Å². The fourth-order valence-corrected chi connectivity index (χ4v) is 1.43. The Morgan fingerprint density at radius 2 is 2.28 bits per heavy atom. The molecule has 0 saturated heterocycles. The molecule has 0 amide bonds. The maximum Gasteiger partial charge on any atom is 0.292 e. The molecule has 0 aliphatic heterocycles. The lowest BCUT2D eigenvalue weighted by Gasteiger charge is -2.28. The quantitative estimate of drug-likeness (QED) is 0.614. The molecule has 1 aromatic carbocycles. The second-order valence-corrected chi connectivity index (χ2v) is 4.30. The van der Waals surface area contributed by atoms with Gasteiger partial charge in [0.15, 0.2) is 0 Å². The summed E-state index contributed by atoms with van der Waals surface area (Å²) >= 11 is 0. The summed E-state index contributed by atoms with van der Waals surface area (Å²) in [7, 11) is 0. The molecule has 0 fully saturated rings. The van der Waals surface area contributed by atoms with E-state index in [-0.39, 0.29) is 18.0 Å². The number of nitriles is 1. The van der Waals surface area contributed by atoms with Gasteiger partial charge < -0.3 is 10.4 Å². The van der Waals surface area contributed by atoms with Crippen LogP contribution in [0.25, 0.3) is 0 Å². The Bertz CT molecular complexity index is 490. The number of hydrogen-bond donors (Lipinski definition) is 2. The van der Waals surface area contributed by atoms with Gasteiger partial charge in [-0.05, 0) is 25.5 Å². The predicted octanol–water partition coefficient (Wildman–Crippen LogP) is 2.04. The lowest BCUT2D eigenvalue weighted by Crippen LogP contribution is -2.38. The van der Waals surface area contributed by atoms with E-state index in [1.807, 2.05) is 13.0 Å². The van der Waals surface area contributed by atoms with Gasteiger partial charge in [0.2, 0.25) is 0 Å². The summed E-state index contributed by atoms with van der Waals surface area (Å²) in [5, 5.41) is 32.0. The third-order valence-electron chi connectivity index (χ3n) is 2.89. The summed E-state index contributed by atoms with van der Waals surface area (Å²) in [4.78, 5) is 10.4. The molecule has 0 radical (unpaired) electrons. The van der Waals surface area contributed by atoms with Gasteiger partial charge >= 0.3 is 0 Å². The molecule has 0 saturated carbocycles. The highest BCUT2D eigenvalue weighted by molar-refractivity contribution is 5.65. The summed E-state index contributed by atoms with van der Waals surface area (Å²) < 4.78 is 0. The number of anilines is 1. The summed E-state index contributed by atoms with van der Waals surface area (Å²) in [6, 6.07) is 6.03. The zero-order chi connectivity index (χ0) is 13.8. The van der Waals surface area contributed by atoms with Crippen molar-refractivity contribution < 1.29 is 10.0 Å². The highest BCUT2D eigenvalue weighted by Crippen LogP contribution is 2.29. The number of aliphatic hydroxyl groups excluding tert-OH is 1. The average molecular weight is 249 g/mol. The van der Waals surface area contributed by atoms with Gasteiger partial charge in [-0.15, -0.1) is 0 Å². The van der Waals surface area contributed by atoms with Gasteiger partial charge in [0.25, 0.3) is 5.69 Å². The molecule has 0 bridgehead atoms. The standard InChI is InChI=1S/C12H15N3O3/c1-3-12(2,8-16)14-10-6-9(7-13)4-5-11(10)15(17)18/h4-6,14,16H,3,8H2,1-2H3. The van der Waals surface area contributed by atoms with E-state index in [2.05, 4.69) is 5.32 Å². The van der Waals surface area contributed by atoms with E-state index in [1.165, 1.54) is 18.2 Å². The van der Waals surface area contributed by atoms with Crippen LogP contribution in [0, 0.1) is 21.4 Å². The lowest BCUT2D eigenvalue weighted by atomic mass is 9.99. The zero-order valence-corrected chi connectivity index (χ0v) is 10.3. The van der Waals surface area contributed by atoms with Crippen LogP contribution in [0.15, 0.2) is 18.2 Å². The number of nitrogens with zero attached hydrogens (tertiary/aromatic N) is 2. The molecular weight excluding hydrogens is 234 g/mol. The molecule has 0 aliphatic carbocycles. The van der Waals surface area contributed by atoms with Crippen LogP contribution in [0.3, 0.4) is 0 Å². The number of nitro benzene ring substituents is 1. The number of hydrogen-bond acceptors (Lipinski definition) is 5. The van der Waals surface area contributed by atoms with Crippen LogP contribution in [0.1, 0.15) is 25.8 Å². The van der Waals surface area contributed by atoms with Crippen molar-refractivity contribution in [2.45, 2.75) is 25.8 Å². The monoisotopic (exact) mass is 249 g/mol. The van der Waals surface area contributed by atoms with Gasteiger partial charge in [0.05, 0.1) is 28.7 Å². The van der Waals surface area contributed by atoms with Crippen LogP contribution < -0.4 is 5.32 Å². The molecule has 18 heavy (non-hydrogen) atoms. The maximum absolute atomic E-state index is 10.9. The first kappa shape index (κ1) is 13.9. The third-order valence-corrected chi connectivity index (χ3v) is 2.89. The number of aliphatic hydroxyl groups is 1. The van der Waals surface area contributed by atoms with Gasteiger partial charge in [-0.2, -0.15) is 5.26 Å². The number of rotatable bonds is 5. The van der Waals surface area contributed by atoms with Crippen molar-refractivity contribution in [3.8, 4) is 6.07 Å². The highest BCUT2D eigenvalue weighted by Gasteiger charge is 2.24. The van der Waals surface area contributed by atoms with E-state index in [0.29, 0.717) is 12.0 Å². The van der Waals surface area contributed by atoms with Crippen LogP contribution in [-0.4, -0.2) is 22.2 Å². The molecule has 6 nitrogen and oxygen atoms in total. The predicted molar refractivity (Wildman–Crippen MR) is 67.2 cm³/mol. The van der Waals surface area contributed by atoms with Gasteiger partial charge in [-0.25, -0.2) is 0 Å². The Morgan fingerprint density at radius 3 is 2.72 bits per heavy atom. The van der Waals surface area contributed by atoms with Crippen LogP contribution in [0.5, 0.6) is 0 Å². The van der Waals surface area contributed by atoms with Crippen LogP contribution in [0.2, 0.25) is 0 Å². The second-order valence-electron chi connectivity index (χ2n) is 4.30. The Kier molecular flexibility index (Phi) is 4.23. The smallest absolute Gasteiger partial charge is 0.292 e. The SMILES string of the molecule is CCC(C)(CO)Nc1cc(C#N)ccc1[N+](=O)[O-]. The van der Waals surface area contributed by atoms with E-state index in [4.69, 9.17) is 5.26 Å². The van der Waals surface area contributed by atoms with Crippen molar-refractivity contribution >= 4 is 11.4 Å². The first-order chi connectivity index (χ1) is 8.45. The summed E-state index contributed by atoms with van der Waals surface area (Å²) in [6.07, 6.45) is 0.595.